The van der Waals surface area contributed by atoms with Crippen LogP contribution in [0.4, 0.5) is 0 Å². The molecule has 1 atom stereocenters. The van der Waals surface area contributed by atoms with Gasteiger partial charge in [0.15, 0.2) is 0 Å². The zero-order valence-corrected chi connectivity index (χ0v) is 16.8. The number of carbonyl (C=O) groups excluding carboxylic acids is 1. The van der Waals surface area contributed by atoms with Gasteiger partial charge in [-0.1, -0.05) is 0 Å². The first-order valence-electron chi connectivity index (χ1n) is 9.10. The molecule has 1 amide bonds. The predicted octanol–water partition coefficient (Wildman–Crippen LogP) is 0.858. The molecular weight excluding hydrogens is 364 g/mol. The van der Waals surface area contributed by atoms with E-state index in [2.05, 4.69) is 15.4 Å². The summed E-state index contributed by atoms with van der Waals surface area (Å²) in [5.74, 6) is 0.696. The van der Waals surface area contributed by atoms with Crippen molar-refractivity contribution >= 4 is 17.7 Å². The summed E-state index contributed by atoms with van der Waals surface area (Å²) < 4.78 is 3.30. The summed E-state index contributed by atoms with van der Waals surface area (Å²) in [6, 6.07) is 3.58. The quantitative estimate of drug-likeness (QED) is 0.737. The SMILES string of the molecule is CSc1ncccc1C(=O)NC1CCc2nn(CCN(C)C)c(=O)n2CC1. The smallest absolute Gasteiger partial charge is 0.345 e. The summed E-state index contributed by atoms with van der Waals surface area (Å²) in [7, 11) is 3.95. The van der Waals surface area contributed by atoms with Crippen LogP contribution in [-0.2, 0) is 19.5 Å². The van der Waals surface area contributed by atoms with Crippen molar-refractivity contribution in [1.29, 1.82) is 0 Å². The first-order valence-corrected chi connectivity index (χ1v) is 10.3. The minimum absolute atomic E-state index is 0.0173. The monoisotopic (exact) mass is 390 g/mol. The minimum atomic E-state index is -0.111. The normalized spacial score (nSPS) is 16.8. The summed E-state index contributed by atoms with van der Waals surface area (Å²) in [4.78, 5) is 31.5. The highest BCUT2D eigenvalue weighted by Crippen LogP contribution is 2.18. The van der Waals surface area contributed by atoms with Crippen LogP contribution in [0.2, 0.25) is 0 Å². The maximum atomic E-state index is 12.6. The third-order valence-corrected chi connectivity index (χ3v) is 5.43. The molecule has 1 aliphatic rings. The van der Waals surface area contributed by atoms with E-state index in [-0.39, 0.29) is 17.6 Å². The van der Waals surface area contributed by atoms with E-state index in [4.69, 9.17) is 0 Å². The van der Waals surface area contributed by atoms with Crippen molar-refractivity contribution in [3.8, 4) is 0 Å². The summed E-state index contributed by atoms with van der Waals surface area (Å²) in [6.45, 7) is 1.94. The molecule has 27 heavy (non-hydrogen) atoms. The molecule has 1 unspecified atom stereocenters. The number of hydrogen-bond acceptors (Lipinski definition) is 6. The lowest BCUT2D eigenvalue weighted by molar-refractivity contribution is 0.0929. The molecule has 1 aliphatic heterocycles. The van der Waals surface area contributed by atoms with Gasteiger partial charge in [0.2, 0.25) is 0 Å². The van der Waals surface area contributed by atoms with Gasteiger partial charge in [0.25, 0.3) is 5.91 Å². The van der Waals surface area contributed by atoms with Crippen molar-refractivity contribution in [2.24, 2.45) is 0 Å². The highest BCUT2D eigenvalue weighted by atomic mass is 32.2. The fourth-order valence-electron chi connectivity index (χ4n) is 3.20. The average molecular weight is 391 g/mol. The lowest BCUT2D eigenvalue weighted by Crippen LogP contribution is -2.36. The van der Waals surface area contributed by atoms with Crippen LogP contribution in [0, 0.1) is 0 Å². The fourth-order valence-corrected chi connectivity index (χ4v) is 3.75. The number of nitrogens with zero attached hydrogens (tertiary/aromatic N) is 5. The Balaban J connectivity index is 1.65. The number of likely N-dealkylation sites (N-methyl/N-ethyl adjacent to an activating group) is 1. The molecule has 3 rings (SSSR count). The van der Waals surface area contributed by atoms with E-state index in [1.807, 2.05) is 25.3 Å². The van der Waals surface area contributed by atoms with Gasteiger partial charge in [-0.05, 0) is 45.3 Å². The molecule has 0 fully saturated rings. The summed E-state index contributed by atoms with van der Waals surface area (Å²) in [6.07, 6.45) is 5.76. The first kappa shape index (κ1) is 19.6. The second-order valence-electron chi connectivity index (χ2n) is 6.93. The van der Waals surface area contributed by atoms with E-state index in [9.17, 15) is 9.59 Å². The zero-order valence-electron chi connectivity index (χ0n) is 16.0. The molecule has 0 saturated carbocycles. The first-order chi connectivity index (χ1) is 13.0. The van der Waals surface area contributed by atoms with Gasteiger partial charge >= 0.3 is 5.69 Å². The number of fused-ring (bicyclic) bond motifs is 1. The van der Waals surface area contributed by atoms with Gasteiger partial charge in [0.05, 0.1) is 12.1 Å². The Morgan fingerprint density at radius 3 is 2.96 bits per heavy atom. The lowest BCUT2D eigenvalue weighted by atomic mass is 10.1. The highest BCUT2D eigenvalue weighted by molar-refractivity contribution is 7.98. The number of carbonyl (C=O) groups is 1. The number of thioether (sulfide) groups is 1. The highest BCUT2D eigenvalue weighted by Gasteiger charge is 2.23. The van der Waals surface area contributed by atoms with Gasteiger partial charge in [-0.15, -0.1) is 11.8 Å². The average Bonchev–Trinajstić information content (AvgIpc) is 2.83. The fraction of sp³-hybridized carbons (Fsp3) is 0.556. The molecule has 0 aliphatic carbocycles. The van der Waals surface area contributed by atoms with Crippen LogP contribution in [0.1, 0.15) is 29.0 Å². The molecule has 9 heteroatoms. The van der Waals surface area contributed by atoms with E-state index < -0.39 is 0 Å². The lowest BCUT2D eigenvalue weighted by Gasteiger charge is -2.17. The van der Waals surface area contributed by atoms with Crippen LogP contribution < -0.4 is 11.0 Å². The minimum Gasteiger partial charge on any atom is -0.349 e. The maximum Gasteiger partial charge on any atom is 0.345 e. The molecule has 1 N–H and O–H groups in total. The second kappa shape index (κ2) is 8.71. The van der Waals surface area contributed by atoms with Crippen molar-refractivity contribution in [1.82, 2.24) is 29.5 Å². The molecule has 0 aromatic carbocycles. The number of aryl methyl sites for hydroxylation is 1. The van der Waals surface area contributed by atoms with Crippen LogP contribution in [-0.4, -0.2) is 63.1 Å². The number of hydrogen-bond donors (Lipinski definition) is 1. The van der Waals surface area contributed by atoms with E-state index in [0.717, 1.165) is 23.8 Å². The van der Waals surface area contributed by atoms with Crippen molar-refractivity contribution in [3.05, 3.63) is 40.2 Å². The van der Waals surface area contributed by atoms with Gasteiger partial charge in [-0.25, -0.2) is 14.5 Å². The predicted molar refractivity (Wildman–Crippen MR) is 105 cm³/mol. The second-order valence-corrected chi connectivity index (χ2v) is 7.73. The standard InChI is InChI=1S/C18H26N6O2S/c1-22(2)11-12-24-18(26)23-10-8-13(6-7-15(23)21-24)20-16(25)14-5-4-9-19-17(14)27-3/h4-5,9,13H,6-8,10-12H2,1-3H3,(H,20,25). The van der Waals surface area contributed by atoms with Crippen LogP contribution in [0.5, 0.6) is 0 Å². The Labute approximate surface area is 163 Å². The number of rotatable bonds is 6. The van der Waals surface area contributed by atoms with Crippen LogP contribution in [0.3, 0.4) is 0 Å². The molecular formula is C18H26N6O2S. The number of pyridine rings is 1. The molecule has 3 heterocycles. The van der Waals surface area contributed by atoms with Gasteiger partial charge in [-0.2, -0.15) is 5.10 Å². The molecule has 146 valence electrons. The Kier molecular flexibility index (Phi) is 6.33. The summed E-state index contributed by atoms with van der Waals surface area (Å²) >= 11 is 1.46. The van der Waals surface area contributed by atoms with Crippen LogP contribution >= 0.6 is 11.8 Å². The van der Waals surface area contributed by atoms with Crippen LogP contribution in [0.25, 0.3) is 0 Å². The van der Waals surface area contributed by atoms with E-state index in [0.29, 0.717) is 31.5 Å². The zero-order chi connectivity index (χ0) is 19.4. The Morgan fingerprint density at radius 1 is 1.41 bits per heavy atom. The number of nitrogens with one attached hydrogen (secondary N) is 1. The molecule has 2 aromatic rings. The molecule has 0 bridgehead atoms. The largest absolute Gasteiger partial charge is 0.349 e. The summed E-state index contributed by atoms with van der Waals surface area (Å²) in [5, 5.41) is 8.32. The molecule has 0 saturated heterocycles. The number of amides is 1. The van der Waals surface area contributed by atoms with Gasteiger partial charge in [0.1, 0.15) is 10.9 Å². The van der Waals surface area contributed by atoms with Crippen molar-refractivity contribution in [2.75, 3.05) is 26.9 Å². The van der Waals surface area contributed by atoms with Crippen molar-refractivity contribution in [3.63, 3.8) is 0 Å². The van der Waals surface area contributed by atoms with Gasteiger partial charge in [0, 0.05) is 31.7 Å². The topological polar surface area (TPSA) is 85.1 Å². The molecule has 2 aromatic heterocycles. The maximum absolute atomic E-state index is 12.6. The Hall–Kier alpha value is -2.13. The van der Waals surface area contributed by atoms with E-state index >= 15 is 0 Å². The van der Waals surface area contributed by atoms with Gasteiger partial charge < -0.3 is 10.2 Å². The van der Waals surface area contributed by atoms with Crippen molar-refractivity contribution in [2.45, 2.75) is 43.4 Å². The Morgan fingerprint density at radius 2 is 2.22 bits per heavy atom. The van der Waals surface area contributed by atoms with E-state index in [1.54, 1.807) is 27.6 Å². The van der Waals surface area contributed by atoms with Gasteiger partial charge in [-0.3, -0.25) is 9.36 Å². The third-order valence-electron chi connectivity index (χ3n) is 4.72. The molecule has 8 nitrogen and oxygen atoms in total. The third kappa shape index (κ3) is 4.59. The summed E-state index contributed by atoms with van der Waals surface area (Å²) in [5.41, 5.74) is 0.536. The molecule has 0 spiro atoms. The molecule has 0 radical (unpaired) electrons. The number of aromatic nitrogens is 4. The Bertz CT molecular complexity index is 860. The van der Waals surface area contributed by atoms with E-state index in [1.165, 1.54) is 11.8 Å². The van der Waals surface area contributed by atoms with Crippen molar-refractivity contribution < 1.29 is 4.79 Å². The van der Waals surface area contributed by atoms with Crippen LogP contribution in [0.15, 0.2) is 28.2 Å².